The molecule has 3 nitrogen and oxygen atoms in total. The van der Waals surface area contributed by atoms with Gasteiger partial charge in [-0.3, -0.25) is 4.79 Å². The van der Waals surface area contributed by atoms with Gasteiger partial charge in [0.25, 0.3) is 5.91 Å². The van der Waals surface area contributed by atoms with Gasteiger partial charge in [-0.1, -0.05) is 25.1 Å². The Morgan fingerprint density at radius 1 is 1.47 bits per heavy atom. The second-order valence-electron chi connectivity index (χ2n) is 4.83. The molecule has 1 aromatic rings. The van der Waals surface area contributed by atoms with E-state index in [1.807, 2.05) is 36.1 Å². The summed E-state index contributed by atoms with van der Waals surface area (Å²) in [6, 6.07) is 7.59. The summed E-state index contributed by atoms with van der Waals surface area (Å²) in [4.78, 5) is 14.2. The summed E-state index contributed by atoms with van der Waals surface area (Å²) < 4.78 is 0. The molecule has 0 bridgehead atoms. The third-order valence-electron chi connectivity index (χ3n) is 3.71. The first-order valence-electron chi connectivity index (χ1n) is 6.12. The minimum atomic E-state index is -0.0258. The molecular formula is C14H19NO2. The second-order valence-corrected chi connectivity index (χ2v) is 4.83. The molecule has 0 saturated carbocycles. The van der Waals surface area contributed by atoms with E-state index in [0.717, 1.165) is 24.1 Å². The first-order valence-corrected chi connectivity index (χ1v) is 6.12. The van der Waals surface area contributed by atoms with Crippen LogP contribution < -0.4 is 0 Å². The molecule has 1 aliphatic heterocycles. The van der Waals surface area contributed by atoms with E-state index in [0.29, 0.717) is 5.92 Å². The Morgan fingerprint density at radius 2 is 2.18 bits per heavy atom. The van der Waals surface area contributed by atoms with Gasteiger partial charge >= 0.3 is 0 Å². The predicted molar refractivity (Wildman–Crippen MR) is 66.9 cm³/mol. The monoisotopic (exact) mass is 233 g/mol. The summed E-state index contributed by atoms with van der Waals surface area (Å²) >= 11 is 0. The molecule has 92 valence electrons. The van der Waals surface area contributed by atoms with E-state index in [9.17, 15) is 9.90 Å². The summed E-state index contributed by atoms with van der Waals surface area (Å²) in [6.07, 6.45) is 0.975. The van der Waals surface area contributed by atoms with Crippen LogP contribution >= 0.6 is 0 Å². The predicted octanol–water partition coefficient (Wildman–Crippen LogP) is 1.84. The van der Waals surface area contributed by atoms with Crippen LogP contribution in [0, 0.1) is 12.8 Å². The van der Waals surface area contributed by atoms with Crippen LogP contribution in [0.15, 0.2) is 24.3 Å². The maximum Gasteiger partial charge on any atom is 0.254 e. The highest BCUT2D eigenvalue weighted by molar-refractivity contribution is 5.96. The summed E-state index contributed by atoms with van der Waals surface area (Å²) in [6.45, 7) is 4.84. The third-order valence-corrected chi connectivity index (χ3v) is 3.71. The molecule has 1 aromatic carbocycles. The average Bonchev–Trinajstić information content (AvgIpc) is 2.70. The molecule has 0 aromatic heterocycles. The lowest BCUT2D eigenvalue weighted by Gasteiger charge is -2.25. The largest absolute Gasteiger partial charge is 0.394 e. The maximum atomic E-state index is 12.4. The number of rotatable bonds is 2. The first-order chi connectivity index (χ1) is 8.15. The Kier molecular flexibility index (Phi) is 3.48. The standard InChI is InChI=1S/C14H19NO2/c1-10-5-3-4-6-12(10)14(17)15-8-7-11(2)13(15)9-16/h3-6,11,13,16H,7-9H2,1-2H3. The highest BCUT2D eigenvalue weighted by Crippen LogP contribution is 2.25. The van der Waals surface area contributed by atoms with Gasteiger partial charge in [-0.05, 0) is 30.9 Å². The van der Waals surface area contributed by atoms with Crippen molar-refractivity contribution in [2.24, 2.45) is 5.92 Å². The number of hydrogen-bond acceptors (Lipinski definition) is 2. The van der Waals surface area contributed by atoms with Gasteiger partial charge in [0.2, 0.25) is 0 Å². The quantitative estimate of drug-likeness (QED) is 0.846. The van der Waals surface area contributed by atoms with Crippen molar-refractivity contribution in [2.75, 3.05) is 13.2 Å². The topological polar surface area (TPSA) is 40.5 Å². The number of hydrogen-bond donors (Lipinski definition) is 1. The lowest BCUT2D eigenvalue weighted by molar-refractivity contribution is 0.0647. The van der Waals surface area contributed by atoms with E-state index in [-0.39, 0.29) is 18.6 Å². The van der Waals surface area contributed by atoms with Crippen molar-refractivity contribution in [3.63, 3.8) is 0 Å². The van der Waals surface area contributed by atoms with Crippen LogP contribution in [0.5, 0.6) is 0 Å². The van der Waals surface area contributed by atoms with E-state index in [1.165, 1.54) is 0 Å². The van der Waals surface area contributed by atoms with Crippen molar-refractivity contribution in [3.8, 4) is 0 Å². The van der Waals surface area contributed by atoms with Gasteiger partial charge in [-0.15, -0.1) is 0 Å². The van der Waals surface area contributed by atoms with Crippen LogP contribution in [-0.4, -0.2) is 35.1 Å². The Bertz CT molecular complexity index is 416. The lowest BCUT2D eigenvalue weighted by Crippen LogP contribution is -2.40. The number of aryl methyl sites for hydroxylation is 1. The zero-order valence-electron chi connectivity index (χ0n) is 10.4. The number of likely N-dealkylation sites (tertiary alicyclic amines) is 1. The lowest BCUT2D eigenvalue weighted by atomic mass is 10.0. The number of benzene rings is 1. The van der Waals surface area contributed by atoms with Crippen LogP contribution in [0.2, 0.25) is 0 Å². The summed E-state index contributed by atoms with van der Waals surface area (Å²) in [5.74, 6) is 0.430. The summed E-state index contributed by atoms with van der Waals surface area (Å²) in [5, 5.41) is 9.38. The van der Waals surface area contributed by atoms with Gasteiger partial charge in [0, 0.05) is 12.1 Å². The fourth-order valence-corrected chi connectivity index (χ4v) is 2.51. The SMILES string of the molecule is Cc1ccccc1C(=O)N1CCC(C)C1CO. The number of aliphatic hydroxyl groups is 1. The molecule has 1 saturated heterocycles. The molecule has 2 rings (SSSR count). The third kappa shape index (κ3) is 2.20. The van der Waals surface area contributed by atoms with Gasteiger partial charge in [-0.25, -0.2) is 0 Å². The van der Waals surface area contributed by atoms with Crippen LogP contribution in [0.4, 0.5) is 0 Å². The van der Waals surface area contributed by atoms with Crippen LogP contribution in [-0.2, 0) is 0 Å². The van der Waals surface area contributed by atoms with Crippen LogP contribution in [0.25, 0.3) is 0 Å². The normalized spacial score (nSPS) is 24.1. The summed E-state index contributed by atoms with van der Waals surface area (Å²) in [7, 11) is 0. The van der Waals surface area contributed by atoms with Crippen molar-refractivity contribution >= 4 is 5.91 Å². The molecule has 1 aliphatic rings. The Balaban J connectivity index is 2.24. The van der Waals surface area contributed by atoms with Gasteiger partial charge < -0.3 is 10.0 Å². The molecule has 3 heteroatoms. The molecule has 17 heavy (non-hydrogen) atoms. The highest BCUT2D eigenvalue weighted by Gasteiger charge is 2.34. The van der Waals surface area contributed by atoms with Gasteiger partial charge in [-0.2, -0.15) is 0 Å². The van der Waals surface area contributed by atoms with Crippen molar-refractivity contribution in [3.05, 3.63) is 35.4 Å². The number of amides is 1. The summed E-state index contributed by atoms with van der Waals surface area (Å²) in [5.41, 5.74) is 1.74. The van der Waals surface area contributed by atoms with Gasteiger partial charge in [0.15, 0.2) is 0 Å². The van der Waals surface area contributed by atoms with E-state index in [2.05, 4.69) is 6.92 Å². The second kappa shape index (κ2) is 4.88. The minimum Gasteiger partial charge on any atom is -0.394 e. The van der Waals surface area contributed by atoms with E-state index in [4.69, 9.17) is 0 Å². The van der Waals surface area contributed by atoms with E-state index < -0.39 is 0 Å². The fourth-order valence-electron chi connectivity index (χ4n) is 2.51. The maximum absolute atomic E-state index is 12.4. The molecule has 2 atom stereocenters. The molecule has 0 aliphatic carbocycles. The van der Waals surface area contributed by atoms with E-state index in [1.54, 1.807) is 0 Å². The number of nitrogens with zero attached hydrogens (tertiary/aromatic N) is 1. The van der Waals surface area contributed by atoms with Gasteiger partial charge in [0.05, 0.1) is 12.6 Å². The van der Waals surface area contributed by atoms with Crippen molar-refractivity contribution < 1.29 is 9.90 Å². The van der Waals surface area contributed by atoms with Crippen molar-refractivity contribution in [1.29, 1.82) is 0 Å². The first kappa shape index (κ1) is 12.1. The van der Waals surface area contributed by atoms with Crippen molar-refractivity contribution in [1.82, 2.24) is 4.90 Å². The van der Waals surface area contributed by atoms with Crippen LogP contribution in [0.3, 0.4) is 0 Å². The molecule has 2 unspecified atom stereocenters. The zero-order valence-corrected chi connectivity index (χ0v) is 10.4. The Hall–Kier alpha value is -1.35. The highest BCUT2D eigenvalue weighted by atomic mass is 16.3. The smallest absolute Gasteiger partial charge is 0.254 e. The Labute approximate surface area is 102 Å². The number of carbonyl (C=O) groups is 1. The number of carbonyl (C=O) groups excluding carboxylic acids is 1. The Morgan fingerprint density at radius 3 is 2.82 bits per heavy atom. The fraction of sp³-hybridized carbons (Fsp3) is 0.500. The zero-order chi connectivity index (χ0) is 12.4. The molecule has 0 radical (unpaired) electrons. The molecular weight excluding hydrogens is 214 g/mol. The molecule has 1 fully saturated rings. The molecule has 0 spiro atoms. The number of aliphatic hydroxyl groups excluding tert-OH is 1. The van der Waals surface area contributed by atoms with Crippen molar-refractivity contribution in [2.45, 2.75) is 26.3 Å². The molecule has 1 amide bonds. The molecule has 1 heterocycles. The van der Waals surface area contributed by atoms with E-state index >= 15 is 0 Å². The van der Waals surface area contributed by atoms with Gasteiger partial charge in [0.1, 0.15) is 0 Å². The minimum absolute atomic E-state index is 0.0258. The van der Waals surface area contributed by atoms with Crippen LogP contribution in [0.1, 0.15) is 29.3 Å². The molecule has 1 N–H and O–H groups in total. The average molecular weight is 233 g/mol.